The monoisotopic (exact) mass is 401 g/mol. The molecule has 0 saturated heterocycles. The average molecular weight is 402 g/mol. The molecule has 2 aromatic carbocycles. The maximum atomic E-state index is 12.9. The van der Waals surface area contributed by atoms with Crippen LogP contribution in [0.1, 0.15) is 68.1 Å². The minimum Gasteiger partial charge on any atom is -0.350 e. The molecule has 1 N–H and O–H groups in total. The standard InChI is InChI=1S/C26H31N3O/c1-18(20-14-13-19-9-8-10-21(19)15-20)25(30)27-17-23-16-24(26(2,3)4)28-29(23)22-11-6-5-7-12-22/h5-7,11-16,18H,8-10,17H2,1-4H3,(H,27,30). The van der Waals surface area contributed by atoms with Gasteiger partial charge in [0.1, 0.15) is 0 Å². The first kappa shape index (κ1) is 20.4. The molecule has 0 radical (unpaired) electrons. The zero-order valence-electron chi connectivity index (χ0n) is 18.4. The molecule has 4 rings (SSSR count). The fourth-order valence-electron chi connectivity index (χ4n) is 4.05. The molecule has 1 unspecified atom stereocenters. The third kappa shape index (κ3) is 4.18. The molecule has 1 aromatic heterocycles. The van der Waals surface area contributed by atoms with E-state index in [0.29, 0.717) is 6.54 Å². The molecule has 4 heteroatoms. The number of para-hydroxylation sites is 1. The Hall–Kier alpha value is -2.88. The van der Waals surface area contributed by atoms with E-state index in [1.165, 1.54) is 17.5 Å². The first-order chi connectivity index (χ1) is 14.3. The lowest BCUT2D eigenvalue weighted by Crippen LogP contribution is -2.28. The van der Waals surface area contributed by atoms with Gasteiger partial charge in [-0.2, -0.15) is 5.10 Å². The number of aromatic nitrogens is 2. The summed E-state index contributed by atoms with van der Waals surface area (Å²) in [5.41, 5.74) is 6.89. The third-order valence-electron chi connectivity index (χ3n) is 6.01. The zero-order chi connectivity index (χ0) is 21.3. The summed E-state index contributed by atoms with van der Waals surface area (Å²) in [4.78, 5) is 12.9. The number of carbonyl (C=O) groups is 1. The van der Waals surface area contributed by atoms with Gasteiger partial charge in [0.2, 0.25) is 5.91 Å². The van der Waals surface area contributed by atoms with Crippen molar-refractivity contribution in [3.05, 3.63) is 82.7 Å². The van der Waals surface area contributed by atoms with Crippen LogP contribution in [-0.4, -0.2) is 15.7 Å². The number of rotatable bonds is 5. The minimum atomic E-state index is -0.175. The number of aryl methyl sites for hydroxylation is 2. The van der Waals surface area contributed by atoms with Crippen LogP contribution in [0.3, 0.4) is 0 Å². The number of fused-ring (bicyclic) bond motifs is 1. The summed E-state index contributed by atoms with van der Waals surface area (Å²) in [7, 11) is 0. The van der Waals surface area contributed by atoms with E-state index in [4.69, 9.17) is 5.10 Å². The molecule has 1 atom stereocenters. The van der Waals surface area contributed by atoms with E-state index in [0.717, 1.165) is 35.5 Å². The van der Waals surface area contributed by atoms with Crippen LogP contribution in [0.25, 0.3) is 5.69 Å². The number of benzene rings is 2. The summed E-state index contributed by atoms with van der Waals surface area (Å²) in [6.07, 6.45) is 3.51. The quantitative estimate of drug-likeness (QED) is 0.648. The van der Waals surface area contributed by atoms with Gasteiger partial charge in [0.05, 0.1) is 29.5 Å². The van der Waals surface area contributed by atoms with Gasteiger partial charge in [-0.05, 0) is 61.1 Å². The highest BCUT2D eigenvalue weighted by Gasteiger charge is 2.22. The van der Waals surface area contributed by atoms with Crippen molar-refractivity contribution in [1.29, 1.82) is 0 Å². The maximum absolute atomic E-state index is 12.9. The van der Waals surface area contributed by atoms with Crippen LogP contribution in [0.2, 0.25) is 0 Å². The van der Waals surface area contributed by atoms with Crippen molar-refractivity contribution < 1.29 is 4.79 Å². The summed E-state index contributed by atoms with van der Waals surface area (Å²) in [5, 5.41) is 7.98. The van der Waals surface area contributed by atoms with E-state index >= 15 is 0 Å². The lowest BCUT2D eigenvalue weighted by Gasteiger charge is -2.14. The Kier molecular flexibility index (Phi) is 5.50. The molecule has 3 aromatic rings. The molecule has 1 heterocycles. The van der Waals surface area contributed by atoms with Crippen LogP contribution >= 0.6 is 0 Å². The van der Waals surface area contributed by atoms with Gasteiger partial charge in [0.15, 0.2) is 0 Å². The van der Waals surface area contributed by atoms with Gasteiger partial charge in [-0.3, -0.25) is 4.79 Å². The summed E-state index contributed by atoms with van der Waals surface area (Å²) in [6.45, 7) is 8.90. The van der Waals surface area contributed by atoms with E-state index in [-0.39, 0.29) is 17.2 Å². The van der Waals surface area contributed by atoms with Gasteiger partial charge in [0.25, 0.3) is 0 Å². The fraction of sp³-hybridized carbons (Fsp3) is 0.385. The molecule has 0 fully saturated rings. The Morgan fingerprint density at radius 1 is 1.07 bits per heavy atom. The van der Waals surface area contributed by atoms with E-state index in [9.17, 15) is 4.79 Å². The van der Waals surface area contributed by atoms with Crippen molar-refractivity contribution >= 4 is 5.91 Å². The van der Waals surface area contributed by atoms with Gasteiger partial charge < -0.3 is 5.32 Å². The lowest BCUT2D eigenvalue weighted by atomic mass is 9.92. The van der Waals surface area contributed by atoms with Crippen LogP contribution in [-0.2, 0) is 29.6 Å². The maximum Gasteiger partial charge on any atom is 0.227 e. The summed E-state index contributed by atoms with van der Waals surface area (Å²) in [6, 6.07) is 18.7. The molecule has 0 spiro atoms. The van der Waals surface area contributed by atoms with Crippen molar-refractivity contribution in [3.63, 3.8) is 0 Å². The second-order valence-electron chi connectivity index (χ2n) is 9.34. The number of nitrogens with one attached hydrogen (secondary N) is 1. The fourth-order valence-corrected chi connectivity index (χ4v) is 4.05. The second-order valence-corrected chi connectivity index (χ2v) is 9.34. The van der Waals surface area contributed by atoms with Crippen LogP contribution in [0, 0.1) is 0 Å². The van der Waals surface area contributed by atoms with Crippen molar-refractivity contribution in [2.45, 2.75) is 64.8 Å². The highest BCUT2D eigenvalue weighted by Crippen LogP contribution is 2.27. The molecule has 30 heavy (non-hydrogen) atoms. The normalized spacial score (nSPS) is 14.4. The Labute approximate surface area is 179 Å². The zero-order valence-corrected chi connectivity index (χ0v) is 18.4. The second kappa shape index (κ2) is 8.10. The van der Waals surface area contributed by atoms with Crippen molar-refractivity contribution in [2.24, 2.45) is 0 Å². The van der Waals surface area contributed by atoms with E-state index in [1.807, 2.05) is 41.9 Å². The van der Waals surface area contributed by atoms with Gasteiger partial charge in [0, 0.05) is 5.41 Å². The first-order valence-electron chi connectivity index (χ1n) is 10.9. The van der Waals surface area contributed by atoms with Gasteiger partial charge >= 0.3 is 0 Å². The summed E-state index contributed by atoms with van der Waals surface area (Å²) >= 11 is 0. The van der Waals surface area contributed by atoms with E-state index in [1.54, 1.807) is 0 Å². The molecule has 1 amide bonds. The Balaban J connectivity index is 1.52. The molecule has 1 aliphatic rings. The van der Waals surface area contributed by atoms with E-state index in [2.05, 4.69) is 50.4 Å². The van der Waals surface area contributed by atoms with Crippen molar-refractivity contribution in [1.82, 2.24) is 15.1 Å². The largest absolute Gasteiger partial charge is 0.350 e. The first-order valence-corrected chi connectivity index (χ1v) is 10.9. The Morgan fingerprint density at radius 3 is 2.53 bits per heavy atom. The van der Waals surface area contributed by atoms with Crippen LogP contribution < -0.4 is 5.32 Å². The molecular formula is C26H31N3O. The molecule has 1 aliphatic carbocycles. The SMILES string of the molecule is CC(C(=O)NCc1cc(C(C)(C)C)nn1-c1ccccc1)c1ccc2c(c1)CCC2. The minimum absolute atomic E-state index is 0.0473. The van der Waals surface area contributed by atoms with Gasteiger partial charge in [-0.1, -0.05) is 57.2 Å². The Morgan fingerprint density at radius 2 is 1.80 bits per heavy atom. The number of hydrogen-bond donors (Lipinski definition) is 1. The molecule has 4 nitrogen and oxygen atoms in total. The summed E-state index contributed by atoms with van der Waals surface area (Å²) in [5.74, 6) is -0.128. The molecule has 0 bridgehead atoms. The molecule has 156 valence electrons. The predicted octanol–water partition coefficient (Wildman–Crippen LogP) is 5.08. The smallest absolute Gasteiger partial charge is 0.227 e. The van der Waals surface area contributed by atoms with Crippen LogP contribution in [0.4, 0.5) is 0 Å². The number of amides is 1. The predicted molar refractivity (Wildman–Crippen MR) is 121 cm³/mol. The highest BCUT2D eigenvalue weighted by atomic mass is 16.1. The van der Waals surface area contributed by atoms with Crippen molar-refractivity contribution in [3.8, 4) is 5.69 Å². The van der Waals surface area contributed by atoms with E-state index < -0.39 is 0 Å². The number of carbonyl (C=O) groups excluding carboxylic acids is 1. The number of hydrogen-bond acceptors (Lipinski definition) is 2. The van der Waals surface area contributed by atoms with Crippen LogP contribution in [0.5, 0.6) is 0 Å². The topological polar surface area (TPSA) is 46.9 Å². The average Bonchev–Trinajstić information content (AvgIpc) is 3.38. The lowest BCUT2D eigenvalue weighted by molar-refractivity contribution is -0.122. The molecule has 0 saturated carbocycles. The highest BCUT2D eigenvalue weighted by molar-refractivity contribution is 5.83. The molecular weight excluding hydrogens is 370 g/mol. The van der Waals surface area contributed by atoms with Crippen LogP contribution in [0.15, 0.2) is 54.6 Å². The number of nitrogens with zero attached hydrogens (tertiary/aromatic N) is 2. The summed E-state index contributed by atoms with van der Waals surface area (Å²) < 4.78 is 1.95. The third-order valence-corrected chi connectivity index (χ3v) is 6.01. The van der Waals surface area contributed by atoms with Crippen molar-refractivity contribution in [2.75, 3.05) is 0 Å². The molecule has 0 aliphatic heterocycles. The van der Waals surface area contributed by atoms with Gasteiger partial charge in [-0.15, -0.1) is 0 Å². The Bertz CT molecular complexity index is 1040. The van der Waals surface area contributed by atoms with Gasteiger partial charge in [-0.25, -0.2) is 4.68 Å².